The molecule has 0 bridgehead atoms. The predicted octanol–water partition coefficient (Wildman–Crippen LogP) is 3.17. The zero-order valence-electron chi connectivity index (χ0n) is 13.2. The molecule has 110 valence electrons. The van der Waals surface area contributed by atoms with Crippen LogP contribution in [-0.4, -0.2) is 36.6 Å². The van der Waals surface area contributed by atoms with E-state index in [1.807, 2.05) is 6.92 Å². The van der Waals surface area contributed by atoms with E-state index in [4.69, 9.17) is 0 Å². The van der Waals surface area contributed by atoms with Crippen molar-refractivity contribution in [3.8, 4) is 6.07 Å². The second kappa shape index (κ2) is 7.87. The van der Waals surface area contributed by atoms with Crippen LogP contribution in [0.25, 0.3) is 0 Å². The van der Waals surface area contributed by atoms with Gasteiger partial charge in [0.15, 0.2) is 0 Å². The van der Waals surface area contributed by atoms with Crippen molar-refractivity contribution in [1.82, 2.24) is 10.2 Å². The number of nitrogens with zero attached hydrogens (tertiary/aromatic N) is 2. The van der Waals surface area contributed by atoms with Gasteiger partial charge in [-0.15, -0.1) is 0 Å². The molecular formula is C16H31N3. The maximum Gasteiger partial charge on any atom is 0.105 e. The molecule has 0 radical (unpaired) electrons. The third-order valence-corrected chi connectivity index (χ3v) is 4.59. The summed E-state index contributed by atoms with van der Waals surface area (Å²) in [5.41, 5.74) is -0.369. The highest BCUT2D eigenvalue weighted by molar-refractivity contribution is 5.04. The fourth-order valence-corrected chi connectivity index (χ4v) is 2.85. The molecule has 1 rings (SSSR count). The number of rotatable bonds is 7. The van der Waals surface area contributed by atoms with Crippen molar-refractivity contribution in [2.45, 2.75) is 70.9 Å². The number of hydrogen-bond donors (Lipinski definition) is 1. The maximum absolute atomic E-state index is 9.34. The van der Waals surface area contributed by atoms with Gasteiger partial charge in [-0.25, -0.2) is 0 Å². The lowest BCUT2D eigenvalue weighted by atomic mass is 9.86. The SMILES string of the molecule is CCCNC(C)(C#N)CCN(C)C1CCC(C)CC1. The van der Waals surface area contributed by atoms with Crippen molar-refractivity contribution in [1.29, 1.82) is 5.26 Å². The zero-order chi connectivity index (χ0) is 14.3. The fraction of sp³-hybridized carbons (Fsp3) is 0.938. The summed E-state index contributed by atoms with van der Waals surface area (Å²) in [5, 5.41) is 12.7. The van der Waals surface area contributed by atoms with Crippen LogP contribution in [0.1, 0.15) is 59.3 Å². The van der Waals surface area contributed by atoms with Gasteiger partial charge in [0.2, 0.25) is 0 Å². The summed E-state index contributed by atoms with van der Waals surface area (Å²) in [6, 6.07) is 3.17. The molecule has 1 N–H and O–H groups in total. The molecule has 1 aliphatic carbocycles. The monoisotopic (exact) mass is 265 g/mol. The molecule has 0 aromatic heterocycles. The van der Waals surface area contributed by atoms with Crippen LogP contribution in [-0.2, 0) is 0 Å². The predicted molar refractivity (Wildman–Crippen MR) is 81.0 cm³/mol. The Morgan fingerprint density at radius 1 is 1.32 bits per heavy atom. The Kier molecular flexibility index (Phi) is 6.82. The van der Waals surface area contributed by atoms with Crippen LogP contribution in [0.15, 0.2) is 0 Å². The van der Waals surface area contributed by atoms with E-state index < -0.39 is 0 Å². The highest BCUT2D eigenvalue weighted by Gasteiger charge is 2.26. The zero-order valence-corrected chi connectivity index (χ0v) is 13.2. The molecule has 0 spiro atoms. The van der Waals surface area contributed by atoms with Gasteiger partial charge in [-0.05, 0) is 65.0 Å². The smallest absolute Gasteiger partial charge is 0.105 e. The molecule has 0 aliphatic heterocycles. The van der Waals surface area contributed by atoms with Crippen LogP contribution in [0.4, 0.5) is 0 Å². The first kappa shape index (κ1) is 16.5. The molecule has 1 saturated carbocycles. The quantitative estimate of drug-likeness (QED) is 0.768. The van der Waals surface area contributed by atoms with E-state index in [1.165, 1.54) is 25.7 Å². The lowest BCUT2D eigenvalue weighted by Crippen LogP contribution is -2.45. The van der Waals surface area contributed by atoms with Gasteiger partial charge >= 0.3 is 0 Å². The van der Waals surface area contributed by atoms with Crippen LogP contribution < -0.4 is 5.32 Å². The van der Waals surface area contributed by atoms with Gasteiger partial charge in [0, 0.05) is 12.6 Å². The largest absolute Gasteiger partial charge is 0.303 e. The molecule has 19 heavy (non-hydrogen) atoms. The van der Waals surface area contributed by atoms with Crippen LogP contribution in [0.5, 0.6) is 0 Å². The average molecular weight is 265 g/mol. The number of hydrogen-bond acceptors (Lipinski definition) is 3. The Hall–Kier alpha value is -0.590. The van der Waals surface area contributed by atoms with Gasteiger partial charge in [0.25, 0.3) is 0 Å². The Bertz CT molecular complexity index is 289. The minimum absolute atomic E-state index is 0.369. The van der Waals surface area contributed by atoms with Gasteiger partial charge in [-0.1, -0.05) is 13.8 Å². The second-order valence-corrected chi connectivity index (χ2v) is 6.51. The molecular weight excluding hydrogens is 234 g/mol. The summed E-state index contributed by atoms with van der Waals surface area (Å²) in [7, 11) is 2.22. The maximum atomic E-state index is 9.34. The molecule has 3 heteroatoms. The summed E-state index contributed by atoms with van der Waals surface area (Å²) in [6.07, 6.45) is 7.35. The molecule has 1 atom stereocenters. The first-order valence-electron chi connectivity index (χ1n) is 7.87. The highest BCUT2D eigenvalue weighted by Crippen LogP contribution is 2.26. The molecule has 0 aromatic rings. The number of nitrogens with one attached hydrogen (secondary N) is 1. The van der Waals surface area contributed by atoms with Crippen molar-refractivity contribution in [3.63, 3.8) is 0 Å². The Labute approximate surface area is 119 Å². The van der Waals surface area contributed by atoms with E-state index >= 15 is 0 Å². The van der Waals surface area contributed by atoms with E-state index in [1.54, 1.807) is 0 Å². The summed E-state index contributed by atoms with van der Waals surface area (Å²) < 4.78 is 0. The van der Waals surface area contributed by atoms with E-state index in [0.29, 0.717) is 0 Å². The molecule has 0 heterocycles. The molecule has 1 unspecified atom stereocenters. The topological polar surface area (TPSA) is 39.1 Å². The first-order chi connectivity index (χ1) is 9.00. The third kappa shape index (κ3) is 5.50. The highest BCUT2D eigenvalue weighted by atomic mass is 15.1. The lowest BCUT2D eigenvalue weighted by molar-refractivity contribution is 0.160. The molecule has 0 amide bonds. The fourth-order valence-electron chi connectivity index (χ4n) is 2.85. The summed E-state index contributed by atoms with van der Waals surface area (Å²) in [4.78, 5) is 2.47. The van der Waals surface area contributed by atoms with E-state index in [-0.39, 0.29) is 5.54 Å². The van der Waals surface area contributed by atoms with Gasteiger partial charge in [0.1, 0.15) is 5.54 Å². The van der Waals surface area contributed by atoms with Crippen molar-refractivity contribution in [3.05, 3.63) is 0 Å². The van der Waals surface area contributed by atoms with E-state index in [9.17, 15) is 5.26 Å². The van der Waals surface area contributed by atoms with Crippen molar-refractivity contribution >= 4 is 0 Å². The molecule has 0 aromatic carbocycles. The lowest BCUT2D eigenvalue weighted by Gasteiger charge is -2.35. The molecule has 0 saturated heterocycles. The minimum atomic E-state index is -0.369. The van der Waals surface area contributed by atoms with Crippen LogP contribution >= 0.6 is 0 Å². The third-order valence-electron chi connectivity index (χ3n) is 4.59. The summed E-state index contributed by atoms with van der Waals surface area (Å²) >= 11 is 0. The van der Waals surface area contributed by atoms with Crippen molar-refractivity contribution < 1.29 is 0 Å². The van der Waals surface area contributed by atoms with E-state index in [2.05, 4.69) is 37.2 Å². The standard InChI is InChI=1S/C16H31N3/c1-5-11-18-16(3,13-17)10-12-19(4)15-8-6-14(2)7-9-15/h14-15,18H,5-12H2,1-4H3. The Balaban J connectivity index is 2.35. The van der Waals surface area contributed by atoms with Crippen LogP contribution in [0.2, 0.25) is 0 Å². The van der Waals surface area contributed by atoms with Crippen LogP contribution in [0.3, 0.4) is 0 Å². The Morgan fingerprint density at radius 3 is 2.47 bits per heavy atom. The summed E-state index contributed by atoms with van der Waals surface area (Å²) in [6.45, 7) is 8.46. The number of nitriles is 1. The second-order valence-electron chi connectivity index (χ2n) is 6.51. The Morgan fingerprint density at radius 2 is 1.95 bits per heavy atom. The average Bonchev–Trinajstić information content (AvgIpc) is 2.43. The first-order valence-corrected chi connectivity index (χ1v) is 7.87. The van der Waals surface area contributed by atoms with Gasteiger partial charge in [-0.2, -0.15) is 5.26 Å². The molecule has 1 aliphatic rings. The van der Waals surface area contributed by atoms with Crippen molar-refractivity contribution in [2.75, 3.05) is 20.1 Å². The normalized spacial score (nSPS) is 26.9. The van der Waals surface area contributed by atoms with Crippen LogP contribution in [0, 0.1) is 17.2 Å². The molecule has 3 nitrogen and oxygen atoms in total. The molecule has 1 fully saturated rings. The van der Waals surface area contributed by atoms with E-state index in [0.717, 1.165) is 37.9 Å². The van der Waals surface area contributed by atoms with Gasteiger partial charge in [0.05, 0.1) is 6.07 Å². The van der Waals surface area contributed by atoms with Gasteiger partial charge < -0.3 is 4.90 Å². The van der Waals surface area contributed by atoms with Gasteiger partial charge in [-0.3, -0.25) is 5.32 Å². The minimum Gasteiger partial charge on any atom is -0.303 e. The summed E-state index contributed by atoms with van der Waals surface area (Å²) in [5.74, 6) is 0.903. The van der Waals surface area contributed by atoms with Crippen molar-refractivity contribution in [2.24, 2.45) is 5.92 Å².